The second kappa shape index (κ2) is 8.44. The van der Waals surface area contributed by atoms with Gasteiger partial charge in [-0.15, -0.1) is 0 Å². The number of aliphatic hydroxyl groups is 1. The van der Waals surface area contributed by atoms with E-state index in [1.807, 2.05) is 0 Å². The summed E-state index contributed by atoms with van der Waals surface area (Å²) in [5.74, 6) is -0.350. The van der Waals surface area contributed by atoms with E-state index in [-0.39, 0.29) is 24.6 Å². The summed E-state index contributed by atoms with van der Waals surface area (Å²) in [6, 6.07) is 0. The van der Waals surface area contributed by atoms with E-state index in [9.17, 15) is 9.90 Å². The normalized spacial score (nSPS) is 24.6. The van der Waals surface area contributed by atoms with E-state index in [1.54, 1.807) is 7.11 Å². The topological polar surface area (TPSA) is 65.0 Å². The molecule has 5 nitrogen and oxygen atoms in total. The molecule has 0 bridgehead atoms. The molecule has 0 spiro atoms. The van der Waals surface area contributed by atoms with E-state index in [0.29, 0.717) is 26.2 Å². The lowest BCUT2D eigenvalue weighted by atomic mass is 9.87. The molecule has 1 aliphatic rings. The fourth-order valence-electron chi connectivity index (χ4n) is 1.94. The van der Waals surface area contributed by atoms with Crippen LogP contribution in [0, 0.1) is 5.92 Å². The lowest BCUT2D eigenvalue weighted by molar-refractivity contribution is -0.152. The Morgan fingerprint density at radius 2 is 2.00 bits per heavy atom. The van der Waals surface area contributed by atoms with Gasteiger partial charge in [0.1, 0.15) is 6.61 Å². The average Bonchev–Trinajstić information content (AvgIpc) is 2.33. The zero-order chi connectivity index (χ0) is 12.5. The van der Waals surface area contributed by atoms with Gasteiger partial charge in [0.15, 0.2) is 0 Å². The molecule has 5 heteroatoms. The summed E-state index contributed by atoms with van der Waals surface area (Å²) < 4.78 is 15.1. The molecule has 0 amide bonds. The number of hydrogen-bond acceptors (Lipinski definition) is 5. The Morgan fingerprint density at radius 1 is 1.24 bits per heavy atom. The minimum atomic E-state index is -0.348. The standard InChI is InChI=1S/C12H22O5/c1-15-5-6-16-7-8-17-12(14)10-3-2-4-11(13)9-10/h10-11,13H,2-9H2,1H3. The number of esters is 1. The first-order chi connectivity index (χ1) is 8.24. The highest BCUT2D eigenvalue weighted by Crippen LogP contribution is 2.25. The van der Waals surface area contributed by atoms with Crippen molar-refractivity contribution >= 4 is 5.97 Å². The summed E-state index contributed by atoms with van der Waals surface area (Å²) in [7, 11) is 1.61. The number of ether oxygens (including phenoxy) is 3. The van der Waals surface area contributed by atoms with E-state index in [0.717, 1.165) is 19.3 Å². The van der Waals surface area contributed by atoms with Gasteiger partial charge in [-0.05, 0) is 19.3 Å². The lowest BCUT2D eigenvalue weighted by Gasteiger charge is -2.24. The van der Waals surface area contributed by atoms with E-state index < -0.39 is 0 Å². The van der Waals surface area contributed by atoms with Gasteiger partial charge in [-0.3, -0.25) is 4.79 Å². The molecule has 1 aliphatic carbocycles. The maximum absolute atomic E-state index is 11.6. The molecule has 0 heterocycles. The van der Waals surface area contributed by atoms with Crippen molar-refractivity contribution in [3.8, 4) is 0 Å². The van der Waals surface area contributed by atoms with Crippen LogP contribution in [0.1, 0.15) is 25.7 Å². The molecule has 0 aromatic carbocycles. The van der Waals surface area contributed by atoms with Crippen molar-refractivity contribution in [2.45, 2.75) is 31.8 Å². The number of carbonyl (C=O) groups is 1. The molecule has 0 aromatic heterocycles. The predicted octanol–water partition coefficient (Wildman–Crippen LogP) is 0.744. The monoisotopic (exact) mass is 246 g/mol. The zero-order valence-corrected chi connectivity index (χ0v) is 10.4. The van der Waals surface area contributed by atoms with Crippen LogP contribution < -0.4 is 0 Å². The van der Waals surface area contributed by atoms with Crippen molar-refractivity contribution in [2.24, 2.45) is 5.92 Å². The van der Waals surface area contributed by atoms with Crippen molar-refractivity contribution < 1.29 is 24.1 Å². The number of aliphatic hydroxyl groups excluding tert-OH is 1. The first-order valence-electron chi connectivity index (χ1n) is 6.15. The molecule has 100 valence electrons. The second-order valence-electron chi connectivity index (χ2n) is 4.29. The SMILES string of the molecule is COCCOCCOC(=O)C1CCCC(O)C1. The molecule has 2 unspecified atom stereocenters. The summed E-state index contributed by atoms with van der Waals surface area (Å²) >= 11 is 0. The maximum atomic E-state index is 11.6. The Bertz CT molecular complexity index is 219. The van der Waals surface area contributed by atoms with Crippen molar-refractivity contribution in [1.29, 1.82) is 0 Å². The molecule has 0 aliphatic heterocycles. The number of hydrogen-bond donors (Lipinski definition) is 1. The van der Waals surface area contributed by atoms with Gasteiger partial charge in [-0.2, -0.15) is 0 Å². The Labute approximate surface area is 102 Å². The Balaban J connectivity index is 2.04. The third-order valence-electron chi connectivity index (χ3n) is 2.88. The van der Waals surface area contributed by atoms with Crippen molar-refractivity contribution in [1.82, 2.24) is 0 Å². The van der Waals surface area contributed by atoms with Crippen LogP contribution >= 0.6 is 0 Å². The number of methoxy groups -OCH3 is 1. The minimum absolute atomic E-state index is 0.141. The van der Waals surface area contributed by atoms with Crippen molar-refractivity contribution in [3.05, 3.63) is 0 Å². The van der Waals surface area contributed by atoms with Gasteiger partial charge < -0.3 is 19.3 Å². The van der Waals surface area contributed by atoms with E-state index >= 15 is 0 Å². The Morgan fingerprint density at radius 3 is 2.71 bits per heavy atom. The van der Waals surface area contributed by atoms with Crippen LogP contribution in [0.3, 0.4) is 0 Å². The summed E-state index contributed by atoms with van der Waals surface area (Å²) in [6.07, 6.45) is 2.69. The predicted molar refractivity (Wildman–Crippen MR) is 61.6 cm³/mol. The molecule has 1 fully saturated rings. The smallest absolute Gasteiger partial charge is 0.309 e. The van der Waals surface area contributed by atoms with Crippen LogP contribution in [-0.4, -0.2) is 50.7 Å². The molecule has 1 rings (SSSR count). The van der Waals surface area contributed by atoms with Crippen LogP contribution in [0.2, 0.25) is 0 Å². The highest BCUT2D eigenvalue weighted by Gasteiger charge is 2.27. The van der Waals surface area contributed by atoms with Gasteiger partial charge in [0.05, 0.1) is 31.8 Å². The van der Waals surface area contributed by atoms with Crippen LogP contribution in [0.25, 0.3) is 0 Å². The third-order valence-corrected chi connectivity index (χ3v) is 2.88. The van der Waals surface area contributed by atoms with E-state index in [1.165, 1.54) is 0 Å². The zero-order valence-electron chi connectivity index (χ0n) is 10.4. The third kappa shape index (κ3) is 6.00. The van der Waals surface area contributed by atoms with Crippen LogP contribution in [0.4, 0.5) is 0 Å². The van der Waals surface area contributed by atoms with Gasteiger partial charge in [0, 0.05) is 7.11 Å². The highest BCUT2D eigenvalue weighted by atomic mass is 16.6. The van der Waals surface area contributed by atoms with Crippen molar-refractivity contribution in [3.63, 3.8) is 0 Å². The average molecular weight is 246 g/mol. The number of carbonyl (C=O) groups excluding carboxylic acids is 1. The van der Waals surface area contributed by atoms with E-state index in [4.69, 9.17) is 14.2 Å². The minimum Gasteiger partial charge on any atom is -0.463 e. The Hall–Kier alpha value is -0.650. The van der Waals surface area contributed by atoms with Crippen LogP contribution in [0.5, 0.6) is 0 Å². The molecule has 0 aromatic rings. The second-order valence-corrected chi connectivity index (χ2v) is 4.29. The maximum Gasteiger partial charge on any atom is 0.309 e. The quantitative estimate of drug-likeness (QED) is 0.530. The Kier molecular flexibility index (Phi) is 7.16. The van der Waals surface area contributed by atoms with Gasteiger partial charge in [-0.1, -0.05) is 6.42 Å². The number of rotatable bonds is 7. The fourth-order valence-corrected chi connectivity index (χ4v) is 1.94. The molecule has 1 saturated carbocycles. The fraction of sp³-hybridized carbons (Fsp3) is 0.917. The molecule has 1 N–H and O–H groups in total. The largest absolute Gasteiger partial charge is 0.463 e. The van der Waals surface area contributed by atoms with Gasteiger partial charge in [-0.25, -0.2) is 0 Å². The first-order valence-corrected chi connectivity index (χ1v) is 6.15. The highest BCUT2D eigenvalue weighted by molar-refractivity contribution is 5.72. The van der Waals surface area contributed by atoms with Gasteiger partial charge >= 0.3 is 5.97 Å². The summed E-state index contributed by atoms with van der Waals surface area (Å²) in [5, 5.41) is 9.45. The molecular weight excluding hydrogens is 224 g/mol. The van der Waals surface area contributed by atoms with Gasteiger partial charge in [0.2, 0.25) is 0 Å². The van der Waals surface area contributed by atoms with Crippen LogP contribution in [-0.2, 0) is 19.0 Å². The summed E-state index contributed by atoms with van der Waals surface area (Å²) in [6.45, 7) is 1.72. The van der Waals surface area contributed by atoms with Gasteiger partial charge in [0.25, 0.3) is 0 Å². The molecule has 17 heavy (non-hydrogen) atoms. The van der Waals surface area contributed by atoms with E-state index in [2.05, 4.69) is 0 Å². The molecule has 2 atom stereocenters. The molecule has 0 saturated heterocycles. The summed E-state index contributed by atoms with van der Waals surface area (Å²) in [4.78, 5) is 11.6. The van der Waals surface area contributed by atoms with Crippen LogP contribution in [0.15, 0.2) is 0 Å². The molecular formula is C12H22O5. The lowest BCUT2D eigenvalue weighted by Crippen LogP contribution is -2.28. The first kappa shape index (κ1) is 14.4. The summed E-state index contributed by atoms with van der Waals surface area (Å²) in [5.41, 5.74) is 0. The molecule has 0 radical (unpaired) electrons. The van der Waals surface area contributed by atoms with Crippen molar-refractivity contribution in [2.75, 3.05) is 33.5 Å².